The molecule has 1 aliphatic rings. The van der Waals surface area contributed by atoms with Gasteiger partial charge in [-0.3, -0.25) is 4.79 Å². The lowest BCUT2D eigenvalue weighted by Gasteiger charge is -2.36. The van der Waals surface area contributed by atoms with E-state index >= 15 is 0 Å². The minimum Gasteiger partial charge on any atom is -0.493 e. The highest BCUT2D eigenvalue weighted by Gasteiger charge is 2.35. The van der Waals surface area contributed by atoms with Gasteiger partial charge in [-0.05, 0) is 42.7 Å². The summed E-state index contributed by atoms with van der Waals surface area (Å²) in [7, 11) is 4.66. The van der Waals surface area contributed by atoms with Gasteiger partial charge in [-0.25, -0.2) is 0 Å². The highest BCUT2D eigenvalue weighted by Crippen LogP contribution is 2.42. The molecule has 34 heavy (non-hydrogen) atoms. The van der Waals surface area contributed by atoms with Crippen molar-refractivity contribution in [2.75, 3.05) is 27.9 Å². The lowest BCUT2D eigenvalue weighted by molar-refractivity contribution is 0.0691. The predicted molar refractivity (Wildman–Crippen MR) is 132 cm³/mol. The smallest absolute Gasteiger partial charge is 0.254 e. The van der Waals surface area contributed by atoms with Gasteiger partial charge in [0.1, 0.15) is 0 Å². The molecule has 0 fully saturated rings. The summed E-state index contributed by atoms with van der Waals surface area (Å²) < 4.78 is 16.4. The lowest BCUT2D eigenvalue weighted by atomic mass is 9.91. The molecule has 1 aromatic heterocycles. The molecule has 1 atom stereocenters. The van der Waals surface area contributed by atoms with Gasteiger partial charge in [-0.1, -0.05) is 48.0 Å². The Kier molecular flexibility index (Phi) is 5.65. The molecule has 6 nitrogen and oxygen atoms in total. The number of carbonyl (C=O) groups is 1. The number of para-hydroxylation sites is 1. The summed E-state index contributed by atoms with van der Waals surface area (Å²) >= 11 is 0. The maximum Gasteiger partial charge on any atom is 0.254 e. The first-order valence-corrected chi connectivity index (χ1v) is 11.3. The average Bonchev–Trinajstić information content (AvgIpc) is 3.26. The molecule has 0 radical (unpaired) electrons. The average molecular weight is 457 g/mol. The van der Waals surface area contributed by atoms with Crippen LogP contribution in [0, 0.1) is 6.92 Å². The van der Waals surface area contributed by atoms with E-state index in [1.807, 2.05) is 11.0 Å². The molecule has 2 heterocycles. The minimum atomic E-state index is -0.233. The van der Waals surface area contributed by atoms with E-state index in [4.69, 9.17) is 14.2 Å². The summed E-state index contributed by atoms with van der Waals surface area (Å²) in [5.74, 6) is 1.29. The van der Waals surface area contributed by atoms with Gasteiger partial charge in [0.15, 0.2) is 11.5 Å². The third-order valence-electron chi connectivity index (χ3n) is 6.60. The van der Waals surface area contributed by atoms with Crippen LogP contribution in [0.5, 0.6) is 17.2 Å². The zero-order valence-electron chi connectivity index (χ0n) is 19.8. The normalized spacial score (nSPS) is 15.2. The van der Waals surface area contributed by atoms with Crippen molar-refractivity contribution < 1.29 is 19.0 Å². The number of rotatable bonds is 5. The largest absolute Gasteiger partial charge is 0.493 e. The van der Waals surface area contributed by atoms with Crippen molar-refractivity contribution in [3.63, 3.8) is 0 Å². The number of aromatic amines is 1. The molecular weight excluding hydrogens is 428 g/mol. The molecule has 5 rings (SSSR count). The highest BCUT2D eigenvalue weighted by atomic mass is 16.5. The van der Waals surface area contributed by atoms with Crippen LogP contribution in [0.1, 0.15) is 38.8 Å². The van der Waals surface area contributed by atoms with E-state index in [1.54, 1.807) is 33.5 Å². The van der Waals surface area contributed by atoms with Crippen LogP contribution in [0.3, 0.4) is 0 Å². The van der Waals surface area contributed by atoms with Crippen LogP contribution in [-0.2, 0) is 6.42 Å². The number of aromatic nitrogens is 1. The van der Waals surface area contributed by atoms with Crippen molar-refractivity contribution in [2.24, 2.45) is 0 Å². The quantitative estimate of drug-likeness (QED) is 0.443. The third-order valence-corrected chi connectivity index (χ3v) is 6.60. The molecule has 174 valence electrons. The Morgan fingerprint density at radius 1 is 0.941 bits per heavy atom. The standard InChI is InChI=1S/C28H28N2O4/c1-17-9-11-18(12-10-17)26-25-21(20-7-5-6-8-22(20)29-25)13-14-30(26)28(31)19-15-23(32-2)27(34-4)24(16-19)33-3/h5-12,15-16,26,29H,13-14H2,1-4H3/t26-/m1/s1. The Hall–Kier alpha value is -3.93. The minimum absolute atomic E-state index is 0.0888. The molecule has 1 aliphatic heterocycles. The van der Waals surface area contributed by atoms with Gasteiger partial charge in [-0.15, -0.1) is 0 Å². The topological polar surface area (TPSA) is 63.8 Å². The zero-order chi connectivity index (χ0) is 23.8. The van der Waals surface area contributed by atoms with E-state index in [9.17, 15) is 4.79 Å². The Morgan fingerprint density at radius 2 is 1.62 bits per heavy atom. The highest BCUT2D eigenvalue weighted by molar-refractivity contribution is 5.97. The second-order valence-corrected chi connectivity index (χ2v) is 8.54. The fourth-order valence-corrected chi connectivity index (χ4v) is 4.93. The number of benzene rings is 3. The lowest BCUT2D eigenvalue weighted by Crippen LogP contribution is -2.40. The third kappa shape index (κ3) is 3.55. The van der Waals surface area contributed by atoms with Gasteiger partial charge in [0.2, 0.25) is 5.75 Å². The first-order chi connectivity index (χ1) is 16.5. The number of carbonyl (C=O) groups excluding carboxylic acids is 1. The van der Waals surface area contributed by atoms with E-state index in [-0.39, 0.29) is 11.9 Å². The Labute approximate surface area is 199 Å². The van der Waals surface area contributed by atoms with E-state index in [0.29, 0.717) is 29.4 Å². The monoisotopic (exact) mass is 456 g/mol. The SMILES string of the molecule is COc1cc(C(=O)N2CCc3c([nH]c4ccccc34)[C@H]2c2ccc(C)cc2)cc(OC)c1OC. The number of nitrogens with one attached hydrogen (secondary N) is 1. The Morgan fingerprint density at radius 3 is 2.26 bits per heavy atom. The van der Waals surface area contributed by atoms with Crippen LogP contribution in [0.2, 0.25) is 0 Å². The Balaban J connectivity index is 1.64. The number of aryl methyl sites for hydroxylation is 1. The maximum atomic E-state index is 14.0. The second kappa shape index (κ2) is 8.78. The van der Waals surface area contributed by atoms with Gasteiger partial charge < -0.3 is 24.1 Å². The summed E-state index contributed by atoms with van der Waals surface area (Å²) in [5.41, 5.74) is 6.17. The number of fused-ring (bicyclic) bond motifs is 3. The molecule has 0 unspecified atom stereocenters. The van der Waals surface area contributed by atoms with Crippen molar-refractivity contribution in [3.8, 4) is 17.2 Å². The first kappa shape index (κ1) is 21.9. The van der Waals surface area contributed by atoms with Crippen molar-refractivity contribution in [1.82, 2.24) is 9.88 Å². The number of amides is 1. The van der Waals surface area contributed by atoms with Crippen LogP contribution in [0.15, 0.2) is 60.7 Å². The zero-order valence-corrected chi connectivity index (χ0v) is 19.8. The van der Waals surface area contributed by atoms with Gasteiger partial charge >= 0.3 is 0 Å². The molecule has 0 bridgehead atoms. The van der Waals surface area contributed by atoms with Gasteiger partial charge in [-0.2, -0.15) is 0 Å². The van der Waals surface area contributed by atoms with Gasteiger partial charge in [0, 0.05) is 28.7 Å². The summed E-state index contributed by atoms with van der Waals surface area (Å²) in [6.45, 7) is 2.67. The Bertz CT molecular complexity index is 1330. The first-order valence-electron chi connectivity index (χ1n) is 11.3. The number of hydrogen-bond acceptors (Lipinski definition) is 4. The molecule has 0 spiro atoms. The number of H-pyrrole nitrogens is 1. The van der Waals surface area contributed by atoms with Crippen LogP contribution < -0.4 is 14.2 Å². The molecule has 6 heteroatoms. The van der Waals surface area contributed by atoms with Gasteiger partial charge in [0.05, 0.1) is 27.4 Å². The fourth-order valence-electron chi connectivity index (χ4n) is 4.93. The summed E-state index contributed by atoms with van der Waals surface area (Å²) in [6.07, 6.45) is 0.776. The predicted octanol–water partition coefficient (Wildman–Crippen LogP) is 5.29. The van der Waals surface area contributed by atoms with Crippen molar-refractivity contribution in [2.45, 2.75) is 19.4 Å². The molecule has 1 N–H and O–H groups in total. The van der Waals surface area contributed by atoms with Crippen LogP contribution in [0.4, 0.5) is 0 Å². The number of ether oxygens (including phenoxy) is 3. The maximum absolute atomic E-state index is 14.0. The van der Waals surface area contributed by atoms with E-state index in [2.05, 4.69) is 54.4 Å². The van der Waals surface area contributed by atoms with E-state index in [1.165, 1.54) is 16.5 Å². The summed E-state index contributed by atoms with van der Waals surface area (Å²) in [4.78, 5) is 19.5. The fraction of sp³-hybridized carbons (Fsp3) is 0.250. The van der Waals surface area contributed by atoms with Crippen molar-refractivity contribution in [3.05, 3.63) is 88.6 Å². The molecule has 0 saturated carbocycles. The van der Waals surface area contributed by atoms with E-state index in [0.717, 1.165) is 23.2 Å². The van der Waals surface area contributed by atoms with Crippen LogP contribution in [-0.4, -0.2) is 43.7 Å². The molecule has 3 aromatic carbocycles. The summed E-state index contributed by atoms with van der Waals surface area (Å²) in [5, 5.41) is 1.22. The number of hydrogen-bond donors (Lipinski definition) is 1. The van der Waals surface area contributed by atoms with Crippen LogP contribution in [0.25, 0.3) is 10.9 Å². The molecular formula is C28H28N2O4. The molecule has 4 aromatic rings. The second-order valence-electron chi connectivity index (χ2n) is 8.54. The number of nitrogens with zero attached hydrogens (tertiary/aromatic N) is 1. The van der Waals surface area contributed by atoms with Crippen molar-refractivity contribution in [1.29, 1.82) is 0 Å². The van der Waals surface area contributed by atoms with Crippen molar-refractivity contribution >= 4 is 16.8 Å². The van der Waals surface area contributed by atoms with Crippen LogP contribution >= 0.6 is 0 Å². The molecule has 1 amide bonds. The van der Waals surface area contributed by atoms with Gasteiger partial charge in [0.25, 0.3) is 5.91 Å². The molecule has 0 aliphatic carbocycles. The summed E-state index contributed by atoms with van der Waals surface area (Å²) in [6, 6.07) is 19.9. The van der Waals surface area contributed by atoms with E-state index < -0.39 is 0 Å². The molecule has 0 saturated heterocycles. The number of methoxy groups -OCH3 is 3.